The summed E-state index contributed by atoms with van der Waals surface area (Å²) in [4.78, 5) is 11.9. The Bertz CT molecular complexity index is 545. The van der Waals surface area contributed by atoms with Gasteiger partial charge in [-0.1, -0.05) is 33.6 Å². The molecule has 0 unspecified atom stereocenters. The maximum absolute atomic E-state index is 11.9. The zero-order valence-corrected chi connectivity index (χ0v) is 11.1. The Balaban J connectivity index is 2.19. The minimum absolute atomic E-state index is 0.0240. The Morgan fingerprint density at radius 1 is 1.29 bits per heavy atom. The van der Waals surface area contributed by atoms with Crippen LogP contribution in [0.1, 0.15) is 15.9 Å². The maximum atomic E-state index is 11.9. The average molecular weight is 312 g/mol. The van der Waals surface area contributed by atoms with E-state index in [1.807, 2.05) is 12.1 Å². The molecule has 0 spiro atoms. The molecule has 0 saturated carbocycles. The van der Waals surface area contributed by atoms with E-state index in [0.717, 1.165) is 10.0 Å². The van der Waals surface area contributed by atoms with Crippen molar-refractivity contribution in [2.75, 3.05) is 0 Å². The summed E-state index contributed by atoms with van der Waals surface area (Å²) < 4.78 is 0.893. The Morgan fingerprint density at radius 2 is 2.12 bits per heavy atom. The lowest BCUT2D eigenvalue weighted by molar-refractivity contribution is 0.0992. The zero-order chi connectivity index (χ0) is 12.3. The number of halogens is 2. The van der Waals surface area contributed by atoms with E-state index in [2.05, 4.69) is 26.1 Å². The highest BCUT2D eigenvalue weighted by atomic mass is 79.9. The minimum atomic E-state index is -0.0240. The predicted molar refractivity (Wildman–Crippen MR) is 69.2 cm³/mol. The Morgan fingerprint density at radius 3 is 2.76 bits per heavy atom. The normalized spacial score (nSPS) is 10.2. The molecule has 0 amide bonds. The molecule has 1 aromatic carbocycles. The molecule has 5 heteroatoms. The SMILES string of the molecule is O=C(Cc1ccc(Br)cc1Cl)c1ccnnc1. The smallest absolute Gasteiger partial charge is 0.168 e. The van der Waals surface area contributed by atoms with Crippen LogP contribution in [0.5, 0.6) is 0 Å². The van der Waals surface area contributed by atoms with E-state index < -0.39 is 0 Å². The summed E-state index contributed by atoms with van der Waals surface area (Å²) in [7, 11) is 0. The Hall–Kier alpha value is -1.26. The van der Waals surface area contributed by atoms with Gasteiger partial charge in [0.1, 0.15) is 0 Å². The van der Waals surface area contributed by atoms with E-state index in [-0.39, 0.29) is 12.2 Å². The molecular weight excluding hydrogens is 304 g/mol. The lowest BCUT2D eigenvalue weighted by Gasteiger charge is -2.04. The number of Topliss-reactive ketones (excluding diaryl/α,β-unsaturated/α-hetero) is 1. The lowest BCUT2D eigenvalue weighted by Crippen LogP contribution is -2.04. The second-order valence-corrected chi connectivity index (χ2v) is 4.79. The largest absolute Gasteiger partial charge is 0.294 e. The fraction of sp³-hybridized carbons (Fsp3) is 0.0833. The van der Waals surface area contributed by atoms with Gasteiger partial charge < -0.3 is 0 Å². The van der Waals surface area contributed by atoms with Crippen LogP contribution in [0.4, 0.5) is 0 Å². The van der Waals surface area contributed by atoms with Crippen LogP contribution in [-0.2, 0) is 6.42 Å². The van der Waals surface area contributed by atoms with Crippen LogP contribution in [0.15, 0.2) is 41.1 Å². The number of hydrogen-bond acceptors (Lipinski definition) is 3. The van der Waals surface area contributed by atoms with Crippen LogP contribution in [0, 0.1) is 0 Å². The van der Waals surface area contributed by atoms with Crippen molar-refractivity contribution in [2.24, 2.45) is 0 Å². The summed E-state index contributed by atoms with van der Waals surface area (Å²) in [5.74, 6) is -0.0240. The van der Waals surface area contributed by atoms with Crippen molar-refractivity contribution in [3.63, 3.8) is 0 Å². The minimum Gasteiger partial charge on any atom is -0.294 e. The van der Waals surface area contributed by atoms with Gasteiger partial charge >= 0.3 is 0 Å². The van der Waals surface area contributed by atoms with Crippen LogP contribution in [0.3, 0.4) is 0 Å². The van der Waals surface area contributed by atoms with Crippen LogP contribution >= 0.6 is 27.5 Å². The lowest BCUT2D eigenvalue weighted by atomic mass is 10.1. The van der Waals surface area contributed by atoms with Crippen molar-refractivity contribution in [2.45, 2.75) is 6.42 Å². The summed E-state index contributed by atoms with van der Waals surface area (Å²) in [6.45, 7) is 0. The molecule has 0 fully saturated rings. The standard InChI is InChI=1S/C12H8BrClN2O/c13-10-2-1-8(11(14)6-10)5-12(17)9-3-4-15-16-7-9/h1-4,6-7H,5H2. The highest BCUT2D eigenvalue weighted by Crippen LogP contribution is 2.22. The van der Waals surface area contributed by atoms with Crippen LogP contribution in [0.2, 0.25) is 5.02 Å². The van der Waals surface area contributed by atoms with Crippen molar-refractivity contribution in [1.29, 1.82) is 0 Å². The first kappa shape index (κ1) is 12.2. The third-order valence-electron chi connectivity index (χ3n) is 2.27. The molecule has 0 atom stereocenters. The highest BCUT2D eigenvalue weighted by Gasteiger charge is 2.10. The van der Waals surface area contributed by atoms with Gasteiger partial charge in [-0.3, -0.25) is 4.79 Å². The molecule has 86 valence electrons. The van der Waals surface area contributed by atoms with Crippen molar-refractivity contribution in [3.8, 4) is 0 Å². The first-order valence-corrected chi connectivity index (χ1v) is 6.08. The molecule has 2 rings (SSSR count). The van der Waals surface area contributed by atoms with Crippen LogP contribution in [0.25, 0.3) is 0 Å². The van der Waals surface area contributed by atoms with Crippen molar-refractivity contribution in [3.05, 3.63) is 57.3 Å². The van der Waals surface area contributed by atoms with Gasteiger partial charge in [-0.2, -0.15) is 10.2 Å². The number of aromatic nitrogens is 2. The van der Waals surface area contributed by atoms with Gasteiger partial charge in [0.15, 0.2) is 5.78 Å². The average Bonchev–Trinajstić information content (AvgIpc) is 2.34. The number of hydrogen-bond donors (Lipinski definition) is 0. The quantitative estimate of drug-likeness (QED) is 0.817. The summed E-state index contributed by atoms with van der Waals surface area (Å²) in [6.07, 6.45) is 3.21. The third-order valence-corrected chi connectivity index (χ3v) is 3.12. The Labute approximate surface area is 112 Å². The van der Waals surface area contributed by atoms with E-state index >= 15 is 0 Å². The van der Waals surface area contributed by atoms with E-state index in [0.29, 0.717) is 10.6 Å². The van der Waals surface area contributed by atoms with Gasteiger partial charge in [0, 0.05) is 21.5 Å². The predicted octanol–water partition coefficient (Wildman–Crippen LogP) is 3.32. The first-order valence-electron chi connectivity index (χ1n) is 4.90. The molecule has 0 N–H and O–H groups in total. The third kappa shape index (κ3) is 3.11. The van der Waals surface area contributed by atoms with Crippen LogP contribution in [-0.4, -0.2) is 16.0 Å². The highest BCUT2D eigenvalue weighted by molar-refractivity contribution is 9.10. The molecule has 0 aliphatic rings. The molecule has 2 aromatic rings. The van der Waals surface area contributed by atoms with Crippen LogP contribution < -0.4 is 0 Å². The molecule has 3 nitrogen and oxygen atoms in total. The summed E-state index contributed by atoms with van der Waals surface area (Å²) in [6, 6.07) is 7.11. The van der Waals surface area contributed by atoms with E-state index in [4.69, 9.17) is 11.6 Å². The number of carbonyl (C=O) groups excluding carboxylic acids is 1. The second kappa shape index (κ2) is 5.38. The summed E-state index contributed by atoms with van der Waals surface area (Å²) >= 11 is 9.37. The van der Waals surface area contributed by atoms with Gasteiger partial charge in [-0.25, -0.2) is 0 Å². The number of ketones is 1. The monoisotopic (exact) mass is 310 g/mol. The Kier molecular flexibility index (Phi) is 3.86. The summed E-state index contributed by atoms with van der Waals surface area (Å²) in [5.41, 5.74) is 1.34. The molecule has 1 aromatic heterocycles. The summed E-state index contributed by atoms with van der Waals surface area (Å²) in [5, 5.41) is 7.88. The topological polar surface area (TPSA) is 42.9 Å². The molecule has 1 heterocycles. The van der Waals surface area contributed by atoms with Crippen molar-refractivity contribution < 1.29 is 4.79 Å². The second-order valence-electron chi connectivity index (χ2n) is 3.47. The fourth-order valence-electron chi connectivity index (χ4n) is 1.40. The number of nitrogens with zero attached hydrogens (tertiary/aromatic N) is 2. The van der Waals surface area contributed by atoms with E-state index in [1.165, 1.54) is 12.4 Å². The first-order chi connectivity index (χ1) is 8.16. The van der Waals surface area contributed by atoms with Crippen molar-refractivity contribution >= 4 is 33.3 Å². The zero-order valence-electron chi connectivity index (χ0n) is 8.73. The molecular formula is C12H8BrClN2O. The number of rotatable bonds is 3. The van der Waals surface area contributed by atoms with Gasteiger partial charge in [0.05, 0.1) is 12.4 Å². The number of carbonyl (C=O) groups is 1. The molecule has 0 bridgehead atoms. The van der Waals surface area contributed by atoms with Gasteiger partial charge in [-0.05, 0) is 23.8 Å². The van der Waals surface area contributed by atoms with E-state index in [9.17, 15) is 4.79 Å². The molecule has 0 aliphatic heterocycles. The molecule has 17 heavy (non-hydrogen) atoms. The fourth-order valence-corrected chi connectivity index (χ4v) is 2.14. The van der Waals surface area contributed by atoms with Crippen molar-refractivity contribution in [1.82, 2.24) is 10.2 Å². The van der Waals surface area contributed by atoms with Gasteiger partial charge in [0.2, 0.25) is 0 Å². The molecule has 0 saturated heterocycles. The van der Waals surface area contributed by atoms with Gasteiger partial charge in [-0.15, -0.1) is 0 Å². The van der Waals surface area contributed by atoms with E-state index in [1.54, 1.807) is 12.1 Å². The number of benzene rings is 1. The molecule has 0 aliphatic carbocycles. The van der Waals surface area contributed by atoms with Gasteiger partial charge in [0.25, 0.3) is 0 Å². The maximum Gasteiger partial charge on any atom is 0.168 e. The molecule has 0 radical (unpaired) electrons.